The lowest BCUT2D eigenvalue weighted by molar-refractivity contribution is -0.139. The van der Waals surface area contributed by atoms with Crippen molar-refractivity contribution in [3.8, 4) is 17.2 Å². The van der Waals surface area contributed by atoms with Gasteiger partial charge in [-0.3, -0.25) is 29.5 Å². The summed E-state index contributed by atoms with van der Waals surface area (Å²) in [6, 6.07) is 26.6. The second-order valence-corrected chi connectivity index (χ2v) is 17.0. The van der Waals surface area contributed by atoms with Crippen LogP contribution in [-0.4, -0.2) is 52.9 Å². The fourth-order valence-electron chi connectivity index (χ4n) is 9.88. The Morgan fingerprint density at radius 1 is 0.846 bits per heavy atom. The third-order valence-electron chi connectivity index (χ3n) is 12.8. The quantitative estimate of drug-likeness (QED) is 0.0913. The number of nitrogens with zero attached hydrogens (tertiary/aromatic N) is 3. The van der Waals surface area contributed by atoms with Crippen LogP contribution in [0.3, 0.4) is 0 Å². The lowest BCUT2D eigenvalue weighted by Gasteiger charge is -2.49. The van der Waals surface area contributed by atoms with Crippen molar-refractivity contribution in [1.29, 1.82) is 0 Å². The molecule has 17 heteroatoms. The van der Waals surface area contributed by atoms with Gasteiger partial charge in [-0.15, -0.1) is 0 Å². The van der Waals surface area contributed by atoms with Crippen LogP contribution >= 0.6 is 23.2 Å². The summed E-state index contributed by atoms with van der Waals surface area (Å²) >= 11 is 12.7. The average molecular weight is 925 g/mol. The summed E-state index contributed by atoms with van der Waals surface area (Å²) < 4.78 is 51.6. The van der Waals surface area contributed by atoms with Gasteiger partial charge in [-0.1, -0.05) is 77.3 Å². The molecule has 4 aliphatic rings. The monoisotopic (exact) mass is 923 g/mol. The van der Waals surface area contributed by atoms with Gasteiger partial charge in [0.05, 0.1) is 53.7 Å². The van der Waals surface area contributed by atoms with Crippen LogP contribution in [0.2, 0.25) is 10.0 Å². The van der Waals surface area contributed by atoms with E-state index in [1.807, 2.05) is 36.4 Å². The number of carbonyl (C=O) groups excluding carboxylic acids is 4. The molecule has 2 aliphatic heterocycles. The average Bonchev–Trinajstić information content (AvgIpc) is 3.67. The third kappa shape index (κ3) is 7.32. The first kappa shape index (κ1) is 43.4. The van der Waals surface area contributed by atoms with Gasteiger partial charge in [0.1, 0.15) is 0 Å². The van der Waals surface area contributed by atoms with E-state index in [1.54, 1.807) is 72.8 Å². The van der Waals surface area contributed by atoms with Gasteiger partial charge in [-0.05, 0) is 96.6 Å². The van der Waals surface area contributed by atoms with Crippen molar-refractivity contribution >= 4 is 75.8 Å². The molecule has 1 saturated carbocycles. The molecule has 4 amide bonds. The number of ether oxygens (including phenoxy) is 2. The molecule has 6 unspecified atom stereocenters. The van der Waals surface area contributed by atoms with E-state index < -0.39 is 75.4 Å². The highest BCUT2D eigenvalue weighted by atomic mass is 35.5. The first-order chi connectivity index (χ1) is 31.1. The molecule has 65 heavy (non-hydrogen) atoms. The van der Waals surface area contributed by atoms with E-state index in [1.165, 1.54) is 19.1 Å². The number of aromatic nitrogens is 1. The van der Waals surface area contributed by atoms with Gasteiger partial charge < -0.3 is 19.9 Å². The number of amides is 4. The molecule has 0 bridgehead atoms. The Labute approximate surface area is 380 Å². The molecule has 0 radical (unpaired) electrons. The number of rotatable bonds is 10. The minimum absolute atomic E-state index is 0.0649. The molecular weight excluding hydrogens is 886 g/mol. The number of hydrogen-bond acceptors (Lipinski definition) is 10. The number of hydrogen-bond donors (Lipinski definition) is 3. The van der Waals surface area contributed by atoms with E-state index in [2.05, 4.69) is 15.7 Å². The number of anilines is 4. The Balaban J connectivity index is 1.16. The second-order valence-electron chi connectivity index (χ2n) is 16.1. The molecule has 3 fully saturated rings. The molecule has 5 aromatic rings. The highest BCUT2D eigenvalue weighted by Gasteiger charge is 2.69. The number of alkyl halides is 3. The number of nitrogens with one attached hydrogen (secondary N) is 2. The molecule has 2 aliphatic carbocycles. The summed E-state index contributed by atoms with van der Waals surface area (Å²) in [7, 11) is 2.75. The molecule has 12 nitrogen and oxygen atoms in total. The lowest BCUT2D eigenvalue weighted by atomic mass is 9.50. The second kappa shape index (κ2) is 16.6. The number of carbonyl (C=O) groups is 4. The summed E-state index contributed by atoms with van der Waals surface area (Å²) in [5.74, 6) is -7.46. The van der Waals surface area contributed by atoms with E-state index in [0.717, 1.165) is 16.4 Å². The van der Waals surface area contributed by atoms with Crippen LogP contribution in [0.25, 0.3) is 6.08 Å². The maximum Gasteiger partial charge on any atom is 0.417 e. The molecule has 332 valence electrons. The number of aromatic hydroxyl groups is 1. The molecule has 9 rings (SSSR count). The Morgan fingerprint density at radius 3 is 2.14 bits per heavy atom. The van der Waals surface area contributed by atoms with Crippen LogP contribution in [-0.2, 0) is 30.8 Å². The van der Waals surface area contributed by atoms with Crippen molar-refractivity contribution in [3.63, 3.8) is 0 Å². The van der Waals surface area contributed by atoms with E-state index in [4.69, 9.17) is 32.7 Å². The Hall–Kier alpha value is -6.84. The van der Waals surface area contributed by atoms with Crippen LogP contribution in [0.1, 0.15) is 29.5 Å². The first-order valence-corrected chi connectivity index (χ1v) is 21.2. The molecule has 1 aromatic heterocycles. The van der Waals surface area contributed by atoms with Crippen molar-refractivity contribution in [2.75, 3.05) is 29.9 Å². The van der Waals surface area contributed by atoms with Crippen LogP contribution in [0, 0.1) is 29.6 Å². The number of para-hydroxylation sites is 1. The summed E-state index contributed by atoms with van der Waals surface area (Å²) in [6.07, 6.45) is 1.13. The van der Waals surface area contributed by atoms with Crippen LogP contribution < -0.4 is 25.1 Å². The number of imide groups is 2. The highest BCUT2D eigenvalue weighted by molar-refractivity contribution is 6.33. The fourth-order valence-corrected chi connectivity index (χ4v) is 10.2. The van der Waals surface area contributed by atoms with Gasteiger partial charge in [0.15, 0.2) is 17.3 Å². The van der Waals surface area contributed by atoms with Crippen LogP contribution in [0.5, 0.6) is 17.2 Å². The number of phenolic OH excluding ortho intramolecular Hbond substituents is 1. The predicted octanol–water partition coefficient (Wildman–Crippen LogP) is 9.61. The summed E-state index contributed by atoms with van der Waals surface area (Å²) in [4.78, 5) is 64.6. The molecule has 2 saturated heterocycles. The predicted molar refractivity (Wildman–Crippen MR) is 237 cm³/mol. The number of halogens is 5. The number of benzene rings is 4. The number of phenols is 1. The highest BCUT2D eigenvalue weighted by Crippen LogP contribution is 2.62. The number of fused-ring (bicyclic) bond motifs is 4. The topological polar surface area (TPSA) is 150 Å². The third-order valence-corrected chi connectivity index (χ3v) is 13.3. The number of methoxy groups -OCH3 is 2. The smallest absolute Gasteiger partial charge is 0.417 e. The standard InChI is InChI=1S/C48H38Cl2F3N5O7/c1-64-38-20-25(21-39(65-2)41(38)59)8-19-35-32-17-18-33-40(45(62)57(43(33)60)31-15-13-30(14-16-31)55-29-6-4-3-5-7-29)34(32)23-36-44(61)58(46(63)47(35,36)26-9-11-28(49)12-10-26)56-42-37(50)22-27(24-54-42)48(51,52)53/h3-17,19-22,24,33-36,40,55,59H,18,23H2,1-2H3,(H,54,56). The van der Waals surface area contributed by atoms with Gasteiger partial charge in [-0.2, -0.15) is 18.2 Å². The van der Waals surface area contributed by atoms with E-state index in [-0.39, 0.29) is 35.9 Å². The molecule has 6 atom stereocenters. The summed E-state index contributed by atoms with van der Waals surface area (Å²) in [5.41, 5.74) is 3.19. The van der Waals surface area contributed by atoms with Gasteiger partial charge >= 0.3 is 6.18 Å². The normalized spacial score (nSPS) is 23.9. The van der Waals surface area contributed by atoms with Crippen molar-refractivity contribution in [2.45, 2.75) is 24.4 Å². The van der Waals surface area contributed by atoms with Gasteiger partial charge in [0.25, 0.3) is 11.8 Å². The lowest BCUT2D eigenvalue weighted by Crippen LogP contribution is -2.54. The van der Waals surface area contributed by atoms with Crippen molar-refractivity contribution in [2.24, 2.45) is 29.6 Å². The zero-order chi connectivity index (χ0) is 45.9. The molecular formula is C48H38Cl2F3N5O7. The SMILES string of the molecule is COc1cc(C=CC2C3=CCC4C(=O)N(c5ccc(Nc6ccccc6)cc5)C(=O)C4C3CC3C(=O)N(Nc4ncc(C(F)(F)F)cc4Cl)C(=O)C23c2ccc(Cl)cc2)cc(OC)c1O. The molecule has 0 spiro atoms. The van der Waals surface area contributed by atoms with Gasteiger partial charge in [0, 0.05) is 28.5 Å². The van der Waals surface area contributed by atoms with E-state index >= 15 is 9.59 Å². The Morgan fingerprint density at radius 2 is 1.51 bits per heavy atom. The number of allylic oxidation sites excluding steroid dienone is 3. The molecule has 4 aromatic carbocycles. The summed E-state index contributed by atoms with van der Waals surface area (Å²) in [6.45, 7) is 0. The first-order valence-electron chi connectivity index (χ1n) is 20.4. The fraction of sp³-hybridized carbons (Fsp3) is 0.229. The Kier molecular flexibility index (Phi) is 11.1. The van der Waals surface area contributed by atoms with E-state index in [0.29, 0.717) is 39.7 Å². The zero-order valence-electron chi connectivity index (χ0n) is 34.5. The number of hydrazine groups is 1. The maximum absolute atomic E-state index is 15.5. The minimum Gasteiger partial charge on any atom is -0.502 e. The maximum atomic E-state index is 15.5. The van der Waals surface area contributed by atoms with Crippen molar-refractivity contribution in [1.82, 2.24) is 9.99 Å². The summed E-state index contributed by atoms with van der Waals surface area (Å²) in [5, 5.41) is 14.6. The van der Waals surface area contributed by atoms with E-state index in [9.17, 15) is 27.9 Å². The number of pyridine rings is 1. The van der Waals surface area contributed by atoms with Crippen LogP contribution in [0.4, 0.5) is 36.1 Å². The molecule has 3 N–H and O–H groups in total. The van der Waals surface area contributed by atoms with Crippen molar-refractivity contribution < 1.29 is 46.9 Å². The van der Waals surface area contributed by atoms with Crippen molar-refractivity contribution in [3.05, 3.63) is 148 Å². The minimum atomic E-state index is -4.77. The Bertz CT molecular complexity index is 2780. The molecule has 3 heterocycles. The zero-order valence-corrected chi connectivity index (χ0v) is 36.0. The largest absolute Gasteiger partial charge is 0.502 e. The van der Waals surface area contributed by atoms with Gasteiger partial charge in [-0.25, -0.2) is 4.98 Å². The van der Waals surface area contributed by atoms with Gasteiger partial charge in [0.2, 0.25) is 17.6 Å². The van der Waals surface area contributed by atoms with Crippen LogP contribution in [0.15, 0.2) is 121 Å².